The van der Waals surface area contributed by atoms with Crippen LogP contribution in [-0.4, -0.2) is 16.7 Å². The van der Waals surface area contributed by atoms with E-state index in [-0.39, 0.29) is 0 Å². The Morgan fingerprint density at radius 2 is 1.83 bits per heavy atom. The number of nitrogens with one attached hydrogen (secondary N) is 2. The Labute approximate surface area is 107 Å². The Balaban J connectivity index is 2.36. The quantitative estimate of drug-likeness (QED) is 0.804. The topological polar surface area (TPSA) is 48.8 Å². The van der Waals surface area contributed by atoms with Gasteiger partial charge in [0.25, 0.3) is 0 Å². The fraction of sp³-hybridized carbons (Fsp3) is 0.200. The highest BCUT2D eigenvalue weighted by atomic mass is 15.0. The lowest BCUT2D eigenvalue weighted by atomic mass is 10.0. The third kappa shape index (κ3) is 2.74. The van der Waals surface area contributed by atoms with Gasteiger partial charge in [0.15, 0.2) is 0 Å². The fourth-order valence-electron chi connectivity index (χ4n) is 1.76. The lowest BCUT2D eigenvalue weighted by Crippen LogP contribution is -2.15. The van der Waals surface area contributed by atoms with E-state index in [1.807, 2.05) is 42.5 Å². The molecule has 0 unspecified atom stereocenters. The first-order chi connectivity index (χ1) is 8.68. The van der Waals surface area contributed by atoms with Gasteiger partial charge in [-0.15, -0.1) is 0 Å². The molecule has 1 heterocycles. The van der Waals surface area contributed by atoms with Crippen LogP contribution in [0, 0.1) is 5.41 Å². The van der Waals surface area contributed by atoms with Gasteiger partial charge in [-0.3, -0.25) is 5.41 Å². The van der Waals surface area contributed by atoms with Gasteiger partial charge in [-0.05, 0) is 26.0 Å². The number of nitrogens with zero attached hydrogens (tertiary/aromatic N) is 1. The van der Waals surface area contributed by atoms with E-state index >= 15 is 0 Å². The van der Waals surface area contributed by atoms with Crippen LogP contribution in [0.5, 0.6) is 0 Å². The van der Waals surface area contributed by atoms with E-state index in [1.54, 1.807) is 6.20 Å². The molecule has 2 rings (SSSR count). The third-order valence-corrected chi connectivity index (χ3v) is 2.56. The standard InChI is InChI=1S/C15H17N3/c1-11(2)18-15-13(9-6-10-17-15)14(16)12-7-4-3-5-8-12/h3-11,16H,1-2H3,(H,17,18). The molecular formula is C15H17N3. The SMILES string of the molecule is CC(C)Nc1ncccc1C(=N)c1ccccc1. The molecule has 2 N–H and O–H groups in total. The Bertz CT molecular complexity index is 532. The van der Waals surface area contributed by atoms with Gasteiger partial charge in [0, 0.05) is 23.4 Å². The normalized spacial score (nSPS) is 10.4. The summed E-state index contributed by atoms with van der Waals surface area (Å²) in [6, 6.07) is 13.8. The first-order valence-electron chi connectivity index (χ1n) is 6.04. The molecule has 2 aromatic rings. The molecule has 1 aromatic heterocycles. The summed E-state index contributed by atoms with van der Waals surface area (Å²) in [6.45, 7) is 4.12. The van der Waals surface area contributed by atoms with E-state index in [9.17, 15) is 0 Å². The maximum absolute atomic E-state index is 8.28. The van der Waals surface area contributed by atoms with Gasteiger partial charge in [-0.1, -0.05) is 30.3 Å². The summed E-state index contributed by atoms with van der Waals surface area (Å²) < 4.78 is 0. The number of hydrogen-bond acceptors (Lipinski definition) is 3. The Morgan fingerprint density at radius 3 is 2.50 bits per heavy atom. The van der Waals surface area contributed by atoms with Gasteiger partial charge < -0.3 is 5.32 Å². The number of aromatic nitrogens is 1. The van der Waals surface area contributed by atoms with Crippen molar-refractivity contribution in [1.82, 2.24) is 4.98 Å². The Hall–Kier alpha value is -2.16. The summed E-state index contributed by atoms with van der Waals surface area (Å²) in [5.41, 5.74) is 2.22. The molecule has 0 saturated heterocycles. The van der Waals surface area contributed by atoms with Crippen molar-refractivity contribution < 1.29 is 0 Å². The minimum absolute atomic E-state index is 0.294. The van der Waals surface area contributed by atoms with Crippen molar-refractivity contribution in [2.45, 2.75) is 19.9 Å². The second-order valence-corrected chi connectivity index (χ2v) is 4.44. The van der Waals surface area contributed by atoms with Crippen LogP contribution in [0.3, 0.4) is 0 Å². The van der Waals surface area contributed by atoms with E-state index < -0.39 is 0 Å². The average Bonchev–Trinajstić information content (AvgIpc) is 2.39. The molecule has 0 bridgehead atoms. The molecule has 92 valence electrons. The van der Waals surface area contributed by atoms with Crippen molar-refractivity contribution >= 4 is 11.5 Å². The molecule has 0 atom stereocenters. The zero-order valence-corrected chi connectivity index (χ0v) is 10.6. The number of anilines is 1. The predicted molar refractivity (Wildman–Crippen MR) is 75.4 cm³/mol. The lowest BCUT2D eigenvalue weighted by molar-refractivity contribution is 0.888. The van der Waals surface area contributed by atoms with Crippen molar-refractivity contribution in [2.24, 2.45) is 0 Å². The van der Waals surface area contributed by atoms with Crippen LogP contribution in [0.4, 0.5) is 5.82 Å². The van der Waals surface area contributed by atoms with Crippen LogP contribution >= 0.6 is 0 Å². The molecule has 0 aliphatic carbocycles. The lowest BCUT2D eigenvalue weighted by Gasteiger charge is -2.14. The third-order valence-electron chi connectivity index (χ3n) is 2.56. The predicted octanol–water partition coefficient (Wildman–Crippen LogP) is 3.32. The molecule has 0 amide bonds. The Kier molecular flexibility index (Phi) is 3.72. The largest absolute Gasteiger partial charge is 0.367 e. The number of rotatable bonds is 4. The molecule has 0 aliphatic rings. The monoisotopic (exact) mass is 239 g/mol. The summed E-state index contributed by atoms with van der Waals surface area (Å²) in [7, 11) is 0. The van der Waals surface area contributed by atoms with E-state index in [1.165, 1.54) is 0 Å². The van der Waals surface area contributed by atoms with E-state index in [2.05, 4.69) is 24.1 Å². The van der Waals surface area contributed by atoms with Crippen LogP contribution in [0.15, 0.2) is 48.7 Å². The molecule has 1 aromatic carbocycles. The van der Waals surface area contributed by atoms with Gasteiger partial charge in [-0.25, -0.2) is 4.98 Å². The average molecular weight is 239 g/mol. The maximum Gasteiger partial charge on any atom is 0.135 e. The molecule has 0 spiro atoms. The minimum Gasteiger partial charge on any atom is -0.367 e. The van der Waals surface area contributed by atoms with Crippen molar-refractivity contribution in [3.8, 4) is 0 Å². The van der Waals surface area contributed by atoms with Crippen LogP contribution in [0.25, 0.3) is 0 Å². The van der Waals surface area contributed by atoms with Gasteiger partial charge >= 0.3 is 0 Å². The van der Waals surface area contributed by atoms with E-state index in [4.69, 9.17) is 5.41 Å². The van der Waals surface area contributed by atoms with Crippen molar-refractivity contribution in [3.05, 3.63) is 59.8 Å². The number of benzene rings is 1. The smallest absolute Gasteiger partial charge is 0.135 e. The highest BCUT2D eigenvalue weighted by Crippen LogP contribution is 2.17. The van der Waals surface area contributed by atoms with Crippen LogP contribution < -0.4 is 5.32 Å². The van der Waals surface area contributed by atoms with Crippen LogP contribution in [0.2, 0.25) is 0 Å². The summed E-state index contributed by atoms with van der Waals surface area (Å²) in [6.07, 6.45) is 1.74. The molecule has 0 fully saturated rings. The maximum atomic E-state index is 8.28. The van der Waals surface area contributed by atoms with Crippen molar-refractivity contribution in [2.75, 3.05) is 5.32 Å². The van der Waals surface area contributed by atoms with Gasteiger partial charge in [0.1, 0.15) is 5.82 Å². The first-order valence-corrected chi connectivity index (χ1v) is 6.04. The van der Waals surface area contributed by atoms with E-state index in [0.29, 0.717) is 11.8 Å². The molecular weight excluding hydrogens is 222 g/mol. The van der Waals surface area contributed by atoms with E-state index in [0.717, 1.165) is 16.9 Å². The van der Waals surface area contributed by atoms with Gasteiger partial charge in [-0.2, -0.15) is 0 Å². The summed E-state index contributed by atoms with van der Waals surface area (Å²) in [5.74, 6) is 0.765. The molecule has 0 saturated carbocycles. The summed E-state index contributed by atoms with van der Waals surface area (Å²) >= 11 is 0. The molecule has 3 heteroatoms. The van der Waals surface area contributed by atoms with Crippen molar-refractivity contribution in [3.63, 3.8) is 0 Å². The Morgan fingerprint density at radius 1 is 1.11 bits per heavy atom. The van der Waals surface area contributed by atoms with Crippen molar-refractivity contribution in [1.29, 1.82) is 5.41 Å². The van der Waals surface area contributed by atoms with Gasteiger partial charge in [0.2, 0.25) is 0 Å². The zero-order chi connectivity index (χ0) is 13.0. The fourth-order valence-corrected chi connectivity index (χ4v) is 1.76. The minimum atomic E-state index is 0.294. The molecule has 18 heavy (non-hydrogen) atoms. The molecule has 0 aliphatic heterocycles. The highest BCUT2D eigenvalue weighted by Gasteiger charge is 2.10. The summed E-state index contributed by atoms with van der Waals surface area (Å²) in [5, 5.41) is 11.5. The molecule has 3 nitrogen and oxygen atoms in total. The second-order valence-electron chi connectivity index (χ2n) is 4.44. The zero-order valence-electron chi connectivity index (χ0n) is 10.6. The summed E-state index contributed by atoms with van der Waals surface area (Å²) in [4.78, 5) is 4.31. The first kappa shape index (κ1) is 12.3. The number of hydrogen-bond donors (Lipinski definition) is 2. The van der Waals surface area contributed by atoms with Crippen LogP contribution in [0.1, 0.15) is 25.0 Å². The van der Waals surface area contributed by atoms with Crippen LogP contribution in [-0.2, 0) is 0 Å². The second kappa shape index (κ2) is 5.45. The van der Waals surface area contributed by atoms with Gasteiger partial charge in [0.05, 0.1) is 5.71 Å². The number of pyridine rings is 1. The molecule has 0 radical (unpaired) electrons. The highest BCUT2D eigenvalue weighted by molar-refractivity contribution is 6.13.